The Labute approximate surface area is 115 Å². The topological polar surface area (TPSA) is 67.2 Å². The van der Waals surface area contributed by atoms with Crippen molar-refractivity contribution < 1.29 is 5.11 Å². The van der Waals surface area contributed by atoms with E-state index < -0.39 is 0 Å². The average molecular weight is 318 g/mol. The monoisotopic (exact) mass is 317 g/mol. The number of aliphatic hydroxyl groups is 1. The second kappa shape index (κ2) is 7.53. The maximum absolute atomic E-state index is 11.7. The Kier molecular flexibility index (Phi) is 6.35. The molecule has 0 aliphatic heterocycles. The van der Waals surface area contributed by atoms with Gasteiger partial charge in [0.15, 0.2) is 0 Å². The quantitative estimate of drug-likeness (QED) is 0.804. The van der Waals surface area contributed by atoms with E-state index in [4.69, 9.17) is 5.11 Å². The van der Waals surface area contributed by atoms with Crippen molar-refractivity contribution in [2.45, 2.75) is 26.2 Å². The van der Waals surface area contributed by atoms with Crippen molar-refractivity contribution in [2.24, 2.45) is 13.0 Å². The van der Waals surface area contributed by atoms with Crippen molar-refractivity contribution in [1.82, 2.24) is 9.78 Å². The number of aryl methyl sites for hydroxylation is 1. The van der Waals surface area contributed by atoms with Crippen LogP contribution in [0.4, 0.5) is 5.69 Å². The van der Waals surface area contributed by atoms with Crippen molar-refractivity contribution >= 4 is 21.6 Å². The van der Waals surface area contributed by atoms with Gasteiger partial charge in [0.2, 0.25) is 0 Å². The summed E-state index contributed by atoms with van der Waals surface area (Å²) in [4.78, 5) is 11.7. The van der Waals surface area contributed by atoms with Crippen LogP contribution in [0.15, 0.2) is 15.5 Å². The first kappa shape index (κ1) is 15.2. The third kappa shape index (κ3) is 4.10. The molecule has 0 aliphatic carbocycles. The van der Waals surface area contributed by atoms with Crippen LogP contribution in [0.2, 0.25) is 0 Å². The second-order valence-corrected chi connectivity index (χ2v) is 5.14. The van der Waals surface area contributed by atoms with Crippen LogP contribution >= 0.6 is 15.9 Å². The van der Waals surface area contributed by atoms with Gasteiger partial charge in [0, 0.05) is 20.2 Å². The zero-order chi connectivity index (χ0) is 13.5. The van der Waals surface area contributed by atoms with Crippen molar-refractivity contribution in [3.63, 3.8) is 0 Å². The van der Waals surface area contributed by atoms with Crippen molar-refractivity contribution in [3.05, 3.63) is 21.0 Å². The summed E-state index contributed by atoms with van der Waals surface area (Å²) in [6.45, 7) is 3.06. The minimum Gasteiger partial charge on any atom is -0.396 e. The van der Waals surface area contributed by atoms with Crippen LogP contribution in [-0.2, 0) is 7.05 Å². The van der Waals surface area contributed by atoms with E-state index in [0.717, 1.165) is 25.8 Å². The largest absolute Gasteiger partial charge is 0.396 e. The standard InChI is InChI=1S/C12H20BrN3O2/c1-3-4-9(5-6-17)7-14-10-8-15-16(2)12(18)11(10)13/h8-9,14,17H,3-7H2,1-2H3. The Morgan fingerprint density at radius 1 is 1.56 bits per heavy atom. The van der Waals surface area contributed by atoms with Gasteiger partial charge in [-0.05, 0) is 34.7 Å². The lowest BCUT2D eigenvalue weighted by atomic mass is 10.0. The highest BCUT2D eigenvalue weighted by molar-refractivity contribution is 9.10. The number of rotatable bonds is 7. The molecule has 0 saturated heterocycles. The fraction of sp³-hybridized carbons (Fsp3) is 0.667. The van der Waals surface area contributed by atoms with E-state index in [0.29, 0.717) is 16.1 Å². The van der Waals surface area contributed by atoms with Gasteiger partial charge in [-0.1, -0.05) is 13.3 Å². The maximum atomic E-state index is 11.7. The summed E-state index contributed by atoms with van der Waals surface area (Å²) in [5.74, 6) is 0.413. The van der Waals surface area contributed by atoms with Gasteiger partial charge in [0.25, 0.3) is 5.56 Å². The van der Waals surface area contributed by atoms with Crippen LogP contribution in [0.5, 0.6) is 0 Å². The Hall–Kier alpha value is -0.880. The molecule has 2 N–H and O–H groups in total. The molecule has 0 aliphatic rings. The zero-order valence-electron chi connectivity index (χ0n) is 10.8. The van der Waals surface area contributed by atoms with Gasteiger partial charge in [0.05, 0.1) is 11.9 Å². The summed E-state index contributed by atoms with van der Waals surface area (Å²) in [6, 6.07) is 0. The van der Waals surface area contributed by atoms with Crippen molar-refractivity contribution in [1.29, 1.82) is 0 Å². The predicted molar refractivity (Wildman–Crippen MR) is 75.8 cm³/mol. The molecular formula is C12H20BrN3O2. The van der Waals surface area contributed by atoms with E-state index in [9.17, 15) is 4.79 Å². The van der Waals surface area contributed by atoms with Gasteiger partial charge >= 0.3 is 0 Å². The highest BCUT2D eigenvalue weighted by Gasteiger charge is 2.10. The van der Waals surface area contributed by atoms with E-state index in [1.165, 1.54) is 4.68 Å². The molecule has 0 spiro atoms. The minimum atomic E-state index is -0.158. The van der Waals surface area contributed by atoms with Gasteiger partial charge in [-0.15, -0.1) is 0 Å². The van der Waals surface area contributed by atoms with Crippen LogP contribution in [0.1, 0.15) is 26.2 Å². The Morgan fingerprint density at radius 3 is 2.89 bits per heavy atom. The number of halogens is 1. The lowest BCUT2D eigenvalue weighted by molar-refractivity contribution is 0.255. The first-order valence-electron chi connectivity index (χ1n) is 6.16. The zero-order valence-corrected chi connectivity index (χ0v) is 12.4. The van der Waals surface area contributed by atoms with Gasteiger partial charge < -0.3 is 10.4 Å². The maximum Gasteiger partial charge on any atom is 0.282 e. The summed E-state index contributed by atoms with van der Waals surface area (Å²) in [5.41, 5.74) is 0.548. The van der Waals surface area contributed by atoms with Gasteiger partial charge in [0.1, 0.15) is 4.47 Å². The fourth-order valence-electron chi connectivity index (χ4n) is 1.83. The van der Waals surface area contributed by atoms with Crippen LogP contribution < -0.4 is 10.9 Å². The molecule has 0 aromatic carbocycles. The van der Waals surface area contributed by atoms with Crippen LogP contribution in [0.25, 0.3) is 0 Å². The summed E-state index contributed by atoms with van der Waals surface area (Å²) in [5, 5.41) is 16.2. The smallest absolute Gasteiger partial charge is 0.282 e. The first-order chi connectivity index (χ1) is 8.60. The Bertz CT molecular complexity index is 428. The number of hydrogen-bond donors (Lipinski definition) is 2. The predicted octanol–water partition coefficient (Wildman–Crippen LogP) is 1.75. The van der Waals surface area contributed by atoms with Gasteiger partial charge in [-0.25, -0.2) is 4.68 Å². The molecule has 1 unspecified atom stereocenters. The summed E-state index contributed by atoms with van der Waals surface area (Å²) >= 11 is 3.27. The molecule has 102 valence electrons. The molecule has 1 heterocycles. The number of anilines is 1. The van der Waals surface area contributed by atoms with E-state index in [1.54, 1.807) is 13.2 Å². The third-order valence-electron chi connectivity index (χ3n) is 2.89. The van der Waals surface area contributed by atoms with Crippen molar-refractivity contribution in [3.8, 4) is 0 Å². The number of nitrogens with one attached hydrogen (secondary N) is 1. The molecule has 1 aromatic rings. The molecule has 0 fully saturated rings. The molecule has 1 rings (SSSR count). The molecule has 0 radical (unpaired) electrons. The SMILES string of the molecule is CCCC(CCO)CNc1cnn(C)c(=O)c1Br. The molecule has 0 amide bonds. The molecule has 6 heteroatoms. The number of hydrogen-bond acceptors (Lipinski definition) is 4. The molecule has 1 atom stereocenters. The summed E-state index contributed by atoms with van der Waals surface area (Å²) in [6.07, 6.45) is 4.55. The van der Waals surface area contributed by atoms with Crippen LogP contribution in [-0.4, -0.2) is 28.0 Å². The van der Waals surface area contributed by atoms with Gasteiger partial charge in [-0.2, -0.15) is 5.10 Å². The third-order valence-corrected chi connectivity index (χ3v) is 3.66. The number of aliphatic hydroxyl groups excluding tert-OH is 1. The van der Waals surface area contributed by atoms with Gasteiger partial charge in [-0.3, -0.25) is 4.79 Å². The summed E-state index contributed by atoms with van der Waals surface area (Å²) < 4.78 is 1.78. The molecule has 1 aromatic heterocycles. The second-order valence-electron chi connectivity index (χ2n) is 4.35. The normalized spacial score (nSPS) is 12.4. The van der Waals surface area contributed by atoms with E-state index in [2.05, 4.69) is 33.3 Å². The van der Waals surface area contributed by atoms with E-state index >= 15 is 0 Å². The molecular weight excluding hydrogens is 298 g/mol. The minimum absolute atomic E-state index is 0.158. The van der Waals surface area contributed by atoms with Crippen LogP contribution in [0.3, 0.4) is 0 Å². The van der Waals surface area contributed by atoms with Crippen LogP contribution in [0, 0.1) is 5.92 Å². The summed E-state index contributed by atoms with van der Waals surface area (Å²) in [7, 11) is 1.61. The molecule has 0 bridgehead atoms. The fourth-order valence-corrected chi connectivity index (χ4v) is 2.33. The lowest BCUT2D eigenvalue weighted by Crippen LogP contribution is -2.23. The average Bonchev–Trinajstić information content (AvgIpc) is 2.35. The molecule has 18 heavy (non-hydrogen) atoms. The molecule has 0 saturated carbocycles. The Morgan fingerprint density at radius 2 is 2.28 bits per heavy atom. The number of nitrogens with zero attached hydrogens (tertiary/aromatic N) is 2. The van der Waals surface area contributed by atoms with Crippen molar-refractivity contribution in [2.75, 3.05) is 18.5 Å². The Balaban J connectivity index is 2.67. The first-order valence-corrected chi connectivity index (χ1v) is 6.96. The number of aromatic nitrogens is 2. The molecule has 5 nitrogen and oxygen atoms in total. The highest BCUT2D eigenvalue weighted by Crippen LogP contribution is 2.18. The lowest BCUT2D eigenvalue weighted by Gasteiger charge is -2.17. The highest BCUT2D eigenvalue weighted by atomic mass is 79.9. The van der Waals surface area contributed by atoms with E-state index in [-0.39, 0.29) is 12.2 Å². The van der Waals surface area contributed by atoms with E-state index in [1.807, 2.05) is 0 Å².